The zero-order chi connectivity index (χ0) is 14.5. The van der Waals surface area contributed by atoms with Crippen molar-refractivity contribution in [2.75, 3.05) is 13.1 Å². The van der Waals surface area contributed by atoms with E-state index < -0.39 is 0 Å². The number of hydrogen-bond acceptors (Lipinski definition) is 2. The Kier molecular flexibility index (Phi) is 5.55. The minimum atomic E-state index is -0.125. The molecule has 0 amide bonds. The number of piperidine rings is 1. The molecule has 1 saturated heterocycles. The van der Waals surface area contributed by atoms with E-state index in [1.54, 1.807) is 12.1 Å². The van der Waals surface area contributed by atoms with Crippen molar-refractivity contribution in [1.29, 1.82) is 0 Å². The van der Waals surface area contributed by atoms with E-state index >= 15 is 0 Å². The number of aryl methyl sites for hydroxylation is 1. The zero-order valence-electron chi connectivity index (χ0n) is 13.0. The maximum absolute atomic E-state index is 13.4. The molecule has 1 unspecified atom stereocenters. The third kappa shape index (κ3) is 4.29. The van der Waals surface area contributed by atoms with Crippen LogP contribution in [0.25, 0.3) is 0 Å². The highest BCUT2D eigenvalue weighted by Gasteiger charge is 2.22. The van der Waals surface area contributed by atoms with Crippen LogP contribution < -0.4 is 5.32 Å². The summed E-state index contributed by atoms with van der Waals surface area (Å²) in [4.78, 5) is 2.51. The Balaban J connectivity index is 2.02. The molecule has 1 aliphatic rings. The summed E-state index contributed by atoms with van der Waals surface area (Å²) in [6, 6.07) is 6.23. The van der Waals surface area contributed by atoms with Gasteiger partial charge in [-0.3, -0.25) is 4.90 Å². The summed E-state index contributed by atoms with van der Waals surface area (Å²) < 4.78 is 13.4. The van der Waals surface area contributed by atoms with Crippen LogP contribution in [0, 0.1) is 12.7 Å². The van der Waals surface area contributed by atoms with E-state index in [1.165, 1.54) is 24.8 Å². The van der Waals surface area contributed by atoms with Gasteiger partial charge in [0.15, 0.2) is 0 Å². The molecule has 1 aromatic carbocycles. The van der Waals surface area contributed by atoms with E-state index in [4.69, 9.17) is 0 Å². The van der Waals surface area contributed by atoms with Gasteiger partial charge < -0.3 is 5.32 Å². The fraction of sp³-hybridized carbons (Fsp3) is 0.647. The molecular formula is C17H27FN2. The minimum Gasteiger partial charge on any atom is -0.313 e. The highest BCUT2D eigenvalue weighted by atomic mass is 19.1. The predicted octanol–water partition coefficient (Wildman–Crippen LogP) is 3.49. The van der Waals surface area contributed by atoms with Crippen LogP contribution in [0.15, 0.2) is 18.2 Å². The highest BCUT2D eigenvalue weighted by molar-refractivity contribution is 5.26. The van der Waals surface area contributed by atoms with Gasteiger partial charge in [0.05, 0.1) is 0 Å². The van der Waals surface area contributed by atoms with Gasteiger partial charge in [0.2, 0.25) is 0 Å². The molecule has 0 bridgehead atoms. The molecule has 1 N–H and O–H groups in total. The standard InChI is InChI=1S/C17H27FN2/c1-13(2)19-11-17-6-4-5-9-20(17)12-15-10-16(18)8-7-14(15)3/h7-8,10,13,17,19H,4-6,9,11-12H2,1-3H3. The Bertz CT molecular complexity index is 431. The van der Waals surface area contributed by atoms with E-state index in [2.05, 4.69) is 31.0 Å². The van der Waals surface area contributed by atoms with Gasteiger partial charge in [0.25, 0.3) is 0 Å². The number of halogens is 1. The van der Waals surface area contributed by atoms with Gasteiger partial charge in [-0.2, -0.15) is 0 Å². The van der Waals surface area contributed by atoms with Crippen LogP contribution in [0.3, 0.4) is 0 Å². The molecule has 0 aromatic heterocycles. The molecule has 1 aromatic rings. The van der Waals surface area contributed by atoms with Crippen LogP contribution in [0.1, 0.15) is 44.2 Å². The monoisotopic (exact) mass is 278 g/mol. The van der Waals surface area contributed by atoms with Crippen LogP contribution in [-0.4, -0.2) is 30.1 Å². The van der Waals surface area contributed by atoms with Crippen LogP contribution in [0.2, 0.25) is 0 Å². The van der Waals surface area contributed by atoms with Crippen molar-refractivity contribution >= 4 is 0 Å². The second-order valence-corrected chi connectivity index (χ2v) is 6.25. The highest BCUT2D eigenvalue weighted by Crippen LogP contribution is 2.21. The molecule has 3 heteroatoms. The topological polar surface area (TPSA) is 15.3 Å². The largest absolute Gasteiger partial charge is 0.313 e. The van der Waals surface area contributed by atoms with Gasteiger partial charge in [0, 0.05) is 25.2 Å². The first-order chi connectivity index (χ1) is 9.56. The lowest BCUT2D eigenvalue weighted by Crippen LogP contribution is -2.46. The molecule has 0 saturated carbocycles. The van der Waals surface area contributed by atoms with Gasteiger partial charge in [-0.1, -0.05) is 26.3 Å². The summed E-state index contributed by atoms with van der Waals surface area (Å²) in [5.74, 6) is -0.125. The SMILES string of the molecule is Cc1ccc(F)cc1CN1CCCCC1CNC(C)C. The first-order valence-electron chi connectivity index (χ1n) is 7.78. The van der Waals surface area contributed by atoms with E-state index in [0.717, 1.165) is 25.2 Å². The summed E-state index contributed by atoms with van der Waals surface area (Å²) in [5.41, 5.74) is 2.31. The number of benzene rings is 1. The minimum absolute atomic E-state index is 0.125. The van der Waals surface area contributed by atoms with Crippen molar-refractivity contribution < 1.29 is 4.39 Å². The quantitative estimate of drug-likeness (QED) is 0.887. The normalized spacial score (nSPS) is 20.6. The van der Waals surface area contributed by atoms with E-state index in [9.17, 15) is 4.39 Å². The first-order valence-corrected chi connectivity index (χ1v) is 7.78. The molecule has 1 heterocycles. The molecule has 1 atom stereocenters. The van der Waals surface area contributed by atoms with Crippen molar-refractivity contribution in [1.82, 2.24) is 10.2 Å². The van der Waals surface area contributed by atoms with Crippen molar-refractivity contribution in [3.63, 3.8) is 0 Å². The Morgan fingerprint density at radius 3 is 2.90 bits per heavy atom. The van der Waals surface area contributed by atoms with Crippen LogP contribution in [0.5, 0.6) is 0 Å². The maximum Gasteiger partial charge on any atom is 0.123 e. The molecule has 20 heavy (non-hydrogen) atoms. The van der Waals surface area contributed by atoms with E-state index in [1.807, 2.05) is 6.07 Å². The molecule has 0 aliphatic carbocycles. The number of hydrogen-bond donors (Lipinski definition) is 1. The lowest BCUT2D eigenvalue weighted by Gasteiger charge is -2.36. The van der Waals surface area contributed by atoms with Crippen LogP contribution >= 0.6 is 0 Å². The fourth-order valence-corrected chi connectivity index (χ4v) is 2.90. The lowest BCUT2D eigenvalue weighted by molar-refractivity contribution is 0.135. The molecule has 0 radical (unpaired) electrons. The Morgan fingerprint density at radius 1 is 1.35 bits per heavy atom. The van der Waals surface area contributed by atoms with Gasteiger partial charge in [-0.15, -0.1) is 0 Å². The number of rotatable bonds is 5. The van der Waals surface area contributed by atoms with Crippen molar-refractivity contribution in [2.24, 2.45) is 0 Å². The van der Waals surface area contributed by atoms with Crippen molar-refractivity contribution in [2.45, 2.75) is 58.7 Å². The van der Waals surface area contributed by atoms with Gasteiger partial charge >= 0.3 is 0 Å². The van der Waals surface area contributed by atoms with E-state index in [-0.39, 0.29) is 5.82 Å². The average Bonchev–Trinajstić information content (AvgIpc) is 2.42. The second kappa shape index (κ2) is 7.19. The molecule has 2 nitrogen and oxygen atoms in total. The van der Waals surface area contributed by atoms with Gasteiger partial charge in [-0.25, -0.2) is 4.39 Å². The average molecular weight is 278 g/mol. The second-order valence-electron chi connectivity index (χ2n) is 6.25. The predicted molar refractivity (Wildman–Crippen MR) is 82.3 cm³/mol. The Labute approximate surface area is 122 Å². The van der Waals surface area contributed by atoms with Crippen LogP contribution in [0.4, 0.5) is 4.39 Å². The van der Waals surface area contributed by atoms with Gasteiger partial charge in [0.1, 0.15) is 5.82 Å². The number of nitrogens with one attached hydrogen (secondary N) is 1. The zero-order valence-corrected chi connectivity index (χ0v) is 13.0. The summed E-state index contributed by atoms with van der Waals surface area (Å²) in [6.07, 6.45) is 3.81. The molecule has 2 rings (SSSR count). The smallest absolute Gasteiger partial charge is 0.123 e. The summed E-state index contributed by atoms with van der Waals surface area (Å²) in [7, 11) is 0. The summed E-state index contributed by atoms with van der Waals surface area (Å²) in [5, 5.41) is 3.54. The number of nitrogens with zero attached hydrogens (tertiary/aromatic N) is 1. The third-order valence-corrected chi connectivity index (χ3v) is 4.20. The van der Waals surface area contributed by atoms with Gasteiger partial charge in [-0.05, 0) is 49.6 Å². The molecule has 1 aliphatic heterocycles. The lowest BCUT2D eigenvalue weighted by atomic mass is 9.99. The summed E-state index contributed by atoms with van der Waals surface area (Å²) >= 11 is 0. The molecule has 112 valence electrons. The fourth-order valence-electron chi connectivity index (χ4n) is 2.90. The first kappa shape index (κ1) is 15.5. The third-order valence-electron chi connectivity index (χ3n) is 4.20. The summed E-state index contributed by atoms with van der Waals surface area (Å²) in [6.45, 7) is 9.47. The Hall–Kier alpha value is -0.930. The van der Waals surface area contributed by atoms with E-state index in [0.29, 0.717) is 12.1 Å². The van der Waals surface area contributed by atoms with Crippen molar-refractivity contribution in [3.8, 4) is 0 Å². The van der Waals surface area contributed by atoms with Crippen LogP contribution in [-0.2, 0) is 6.54 Å². The van der Waals surface area contributed by atoms with Crippen molar-refractivity contribution in [3.05, 3.63) is 35.1 Å². The maximum atomic E-state index is 13.4. The molecular weight excluding hydrogens is 251 g/mol. The number of likely N-dealkylation sites (tertiary alicyclic amines) is 1. The molecule has 0 spiro atoms. The molecule has 1 fully saturated rings. The Morgan fingerprint density at radius 2 is 2.15 bits per heavy atom.